The van der Waals surface area contributed by atoms with Crippen molar-refractivity contribution < 1.29 is 10.2 Å². The summed E-state index contributed by atoms with van der Waals surface area (Å²) in [4.78, 5) is 4.32. The van der Waals surface area contributed by atoms with E-state index in [4.69, 9.17) is 5.11 Å². The topological polar surface area (TPSA) is 52.8 Å². The first-order chi connectivity index (χ1) is 6.66. The van der Waals surface area contributed by atoms with E-state index in [-0.39, 0.29) is 11.5 Å². The molecule has 0 saturated carbocycles. The summed E-state index contributed by atoms with van der Waals surface area (Å²) in [5.74, 6) is 0.160. The van der Waals surface area contributed by atoms with Gasteiger partial charge in [0.05, 0.1) is 6.54 Å². The van der Waals surface area contributed by atoms with E-state index < -0.39 is 0 Å². The molecule has 0 saturated heterocycles. The Morgan fingerprint density at radius 3 is 2.79 bits per heavy atom. The van der Waals surface area contributed by atoms with Crippen LogP contribution >= 0.6 is 11.8 Å². The number of nitrogens with zero attached hydrogens (tertiary/aromatic N) is 1. The molecule has 1 heterocycles. The van der Waals surface area contributed by atoms with Crippen molar-refractivity contribution in [2.45, 2.75) is 12.2 Å². The normalized spacial score (nSPS) is 20.9. The van der Waals surface area contributed by atoms with Gasteiger partial charge in [0.15, 0.2) is 0 Å². The van der Waals surface area contributed by atoms with Gasteiger partial charge in [0.25, 0.3) is 0 Å². The summed E-state index contributed by atoms with van der Waals surface area (Å²) < 4.78 is 0. The number of rotatable bonds is 1. The Bertz CT molecular complexity index is 390. The highest BCUT2D eigenvalue weighted by Crippen LogP contribution is 2.31. The standard InChI is InChI=1S/C10H11NO2S/c1-6-5-11-10(14-6)8-3-2-7(12)4-9(8)13/h2-4,6,12-13H,5H2,1H3/t6-/m0/s1. The lowest BCUT2D eigenvalue weighted by Crippen LogP contribution is -1.95. The maximum atomic E-state index is 9.58. The summed E-state index contributed by atoms with van der Waals surface area (Å²) in [6.45, 7) is 2.89. The quantitative estimate of drug-likeness (QED) is 0.743. The predicted octanol–water partition coefficient (Wildman–Crippen LogP) is 1.98. The maximum Gasteiger partial charge on any atom is 0.129 e. The van der Waals surface area contributed by atoms with Crippen molar-refractivity contribution in [3.05, 3.63) is 23.8 Å². The van der Waals surface area contributed by atoms with Crippen LogP contribution in [0.1, 0.15) is 12.5 Å². The monoisotopic (exact) mass is 209 g/mol. The van der Waals surface area contributed by atoms with Gasteiger partial charge in [-0.25, -0.2) is 0 Å². The minimum absolute atomic E-state index is 0.0721. The maximum absolute atomic E-state index is 9.58. The molecule has 2 N–H and O–H groups in total. The molecule has 2 rings (SSSR count). The van der Waals surface area contributed by atoms with Crippen LogP contribution in [-0.2, 0) is 0 Å². The molecule has 1 aliphatic rings. The van der Waals surface area contributed by atoms with Crippen LogP contribution in [0.2, 0.25) is 0 Å². The summed E-state index contributed by atoms with van der Waals surface area (Å²) in [6, 6.07) is 4.58. The lowest BCUT2D eigenvalue weighted by Gasteiger charge is -2.04. The van der Waals surface area contributed by atoms with E-state index in [2.05, 4.69) is 11.9 Å². The smallest absolute Gasteiger partial charge is 0.129 e. The van der Waals surface area contributed by atoms with Crippen LogP contribution in [0.3, 0.4) is 0 Å². The molecule has 1 aliphatic heterocycles. The van der Waals surface area contributed by atoms with Crippen molar-refractivity contribution in [1.82, 2.24) is 0 Å². The highest BCUT2D eigenvalue weighted by Gasteiger charge is 2.18. The van der Waals surface area contributed by atoms with Crippen molar-refractivity contribution in [2.75, 3.05) is 6.54 Å². The van der Waals surface area contributed by atoms with Gasteiger partial charge < -0.3 is 10.2 Å². The second-order valence-electron chi connectivity index (χ2n) is 3.28. The zero-order chi connectivity index (χ0) is 10.1. The molecular formula is C10H11NO2S. The van der Waals surface area contributed by atoms with E-state index in [9.17, 15) is 5.11 Å². The minimum Gasteiger partial charge on any atom is -0.508 e. The van der Waals surface area contributed by atoms with E-state index in [1.807, 2.05) is 0 Å². The third-order valence-corrected chi connectivity index (χ3v) is 3.14. The van der Waals surface area contributed by atoms with Gasteiger partial charge in [-0.05, 0) is 12.1 Å². The molecular weight excluding hydrogens is 198 g/mol. The Kier molecular flexibility index (Phi) is 2.37. The summed E-state index contributed by atoms with van der Waals surface area (Å²) >= 11 is 1.65. The lowest BCUT2D eigenvalue weighted by atomic mass is 10.2. The SMILES string of the molecule is C[C@H]1CN=C(c2ccc(O)cc2O)S1. The highest BCUT2D eigenvalue weighted by atomic mass is 32.2. The molecule has 3 nitrogen and oxygen atoms in total. The number of hydrogen-bond donors (Lipinski definition) is 2. The molecule has 0 bridgehead atoms. The van der Waals surface area contributed by atoms with Crippen LogP contribution in [0, 0.1) is 0 Å². The average molecular weight is 209 g/mol. The van der Waals surface area contributed by atoms with Crippen molar-refractivity contribution in [3.8, 4) is 11.5 Å². The molecule has 0 spiro atoms. The van der Waals surface area contributed by atoms with Gasteiger partial charge >= 0.3 is 0 Å². The summed E-state index contributed by atoms with van der Waals surface area (Å²) in [5, 5.41) is 20.0. The Morgan fingerprint density at radius 1 is 1.43 bits per heavy atom. The summed E-state index contributed by atoms with van der Waals surface area (Å²) in [5.41, 5.74) is 0.706. The fraction of sp³-hybridized carbons (Fsp3) is 0.300. The second-order valence-corrected chi connectivity index (χ2v) is 4.70. The van der Waals surface area contributed by atoms with Crippen LogP contribution < -0.4 is 0 Å². The van der Waals surface area contributed by atoms with Crippen LogP contribution in [0.4, 0.5) is 0 Å². The number of aliphatic imine (C=N–C) groups is 1. The zero-order valence-electron chi connectivity index (χ0n) is 7.77. The minimum atomic E-state index is 0.0721. The first kappa shape index (κ1) is 9.40. The van der Waals surface area contributed by atoms with Gasteiger partial charge in [0, 0.05) is 16.9 Å². The predicted molar refractivity (Wildman–Crippen MR) is 58.2 cm³/mol. The lowest BCUT2D eigenvalue weighted by molar-refractivity contribution is 0.450. The Labute approximate surface area is 86.5 Å². The Hall–Kier alpha value is -1.16. The molecule has 0 aliphatic carbocycles. The Balaban J connectivity index is 2.33. The van der Waals surface area contributed by atoms with E-state index in [1.165, 1.54) is 6.07 Å². The van der Waals surface area contributed by atoms with E-state index in [0.29, 0.717) is 10.8 Å². The van der Waals surface area contributed by atoms with Gasteiger partial charge in [0.1, 0.15) is 16.5 Å². The van der Waals surface area contributed by atoms with Gasteiger partial charge in [-0.15, -0.1) is 11.8 Å². The molecule has 0 radical (unpaired) electrons. The van der Waals surface area contributed by atoms with E-state index in [0.717, 1.165) is 11.6 Å². The number of thioether (sulfide) groups is 1. The number of phenols is 2. The molecule has 1 aromatic carbocycles. The first-order valence-electron chi connectivity index (χ1n) is 4.40. The van der Waals surface area contributed by atoms with Gasteiger partial charge in [-0.3, -0.25) is 4.99 Å². The average Bonchev–Trinajstić information content (AvgIpc) is 2.51. The van der Waals surface area contributed by atoms with Crippen LogP contribution in [-0.4, -0.2) is 27.1 Å². The van der Waals surface area contributed by atoms with E-state index in [1.54, 1.807) is 23.9 Å². The molecule has 1 atom stereocenters. The highest BCUT2D eigenvalue weighted by molar-refractivity contribution is 8.15. The van der Waals surface area contributed by atoms with E-state index >= 15 is 0 Å². The van der Waals surface area contributed by atoms with Gasteiger partial charge in [-0.1, -0.05) is 6.92 Å². The van der Waals surface area contributed by atoms with Crippen molar-refractivity contribution in [3.63, 3.8) is 0 Å². The largest absolute Gasteiger partial charge is 0.508 e. The molecule has 1 aromatic rings. The Morgan fingerprint density at radius 2 is 2.21 bits per heavy atom. The fourth-order valence-corrected chi connectivity index (χ4v) is 2.30. The molecule has 0 fully saturated rings. The summed E-state index contributed by atoms with van der Waals surface area (Å²) in [7, 11) is 0. The molecule has 4 heteroatoms. The van der Waals surface area contributed by atoms with Crippen molar-refractivity contribution >= 4 is 16.8 Å². The zero-order valence-corrected chi connectivity index (χ0v) is 8.58. The van der Waals surface area contributed by atoms with Crippen LogP contribution in [0.5, 0.6) is 11.5 Å². The molecule has 0 amide bonds. The van der Waals surface area contributed by atoms with Gasteiger partial charge in [0.2, 0.25) is 0 Å². The number of phenolic OH excluding ortho intramolecular Hbond substituents is 2. The van der Waals surface area contributed by atoms with Crippen LogP contribution in [0.25, 0.3) is 0 Å². The second kappa shape index (κ2) is 3.53. The summed E-state index contributed by atoms with van der Waals surface area (Å²) in [6.07, 6.45) is 0. The van der Waals surface area contributed by atoms with Crippen molar-refractivity contribution in [2.24, 2.45) is 4.99 Å². The van der Waals surface area contributed by atoms with Crippen molar-refractivity contribution in [1.29, 1.82) is 0 Å². The fourth-order valence-electron chi connectivity index (χ4n) is 1.33. The van der Waals surface area contributed by atoms with Crippen LogP contribution in [0.15, 0.2) is 23.2 Å². The first-order valence-corrected chi connectivity index (χ1v) is 5.28. The molecule has 14 heavy (non-hydrogen) atoms. The number of aromatic hydroxyl groups is 2. The number of benzene rings is 1. The third-order valence-electron chi connectivity index (χ3n) is 2.02. The third kappa shape index (κ3) is 1.70. The molecule has 74 valence electrons. The molecule has 0 aromatic heterocycles. The van der Waals surface area contributed by atoms with Gasteiger partial charge in [-0.2, -0.15) is 0 Å². The number of hydrogen-bond acceptors (Lipinski definition) is 4. The molecule has 0 unspecified atom stereocenters.